The molecule has 0 bridgehead atoms. The van der Waals surface area contributed by atoms with Gasteiger partial charge in [0.2, 0.25) is 5.91 Å². The summed E-state index contributed by atoms with van der Waals surface area (Å²) in [6, 6.07) is 21.7. The van der Waals surface area contributed by atoms with E-state index >= 15 is 0 Å². The molecule has 0 aliphatic rings. The second-order valence-corrected chi connectivity index (χ2v) is 10.7. The standard InChI is InChI=1S/C32H35N3O3/c1-21-17-24(12-14-28(21)38-6)23-9-7-22(8-10-23)20-35(29(36)19-32(2,3)4)30-27-13-11-26(31(37)33-5)18-25(27)15-16-34-30/h7-18H,19-20H2,1-6H3,(H,33,37). The molecule has 6 nitrogen and oxygen atoms in total. The molecule has 0 unspecified atom stereocenters. The Morgan fingerprint density at radius 1 is 0.947 bits per heavy atom. The van der Waals surface area contributed by atoms with Crippen molar-refractivity contribution >= 4 is 28.4 Å². The van der Waals surface area contributed by atoms with Gasteiger partial charge in [0.05, 0.1) is 13.7 Å². The summed E-state index contributed by atoms with van der Waals surface area (Å²) in [7, 11) is 3.29. The Kier molecular flexibility index (Phi) is 7.81. The van der Waals surface area contributed by atoms with Gasteiger partial charge in [0.1, 0.15) is 11.6 Å². The zero-order valence-corrected chi connectivity index (χ0v) is 23.0. The summed E-state index contributed by atoms with van der Waals surface area (Å²) < 4.78 is 5.39. The second kappa shape index (κ2) is 11.1. The van der Waals surface area contributed by atoms with Crippen LogP contribution < -0.4 is 15.0 Å². The van der Waals surface area contributed by atoms with Gasteiger partial charge < -0.3 is 10.1 Å². The monoisotopic (exact) mass is 509 g/mol. The van der Waals surface area contributed by atoms with Crippen LogP contribution in [0.5, 0.6) is 5.75 Å². The van der Waals surface area contributed by atoms with Gasteiger partial charge in [0.15, 0.2) is 0 Å². The molecule has 0 spiro atoms. The van der Waals surface area contributed by atoms with Gasteiger partial charge in [0, 0.05) is 30.6 Å². The van der Waals surface area contributed by atoms with E-state index in [4.69, 9.17) is 4.74 Å². The van der Waals surface area contributed by atoms with Crippen LogP contribution in [0.4, 0.5) is 5.82 Å². The summed E-state index contributed by atoms with van der Waals surface area (Å²) in [6.45, 7) is 8.59. The number of amides is 2. The smallest absolute Gasteiger partial charge is 0.251 e. The molecule has 1 aromatic heterocycles. The van der Waals surface area contributed by atoms with E-state index in [1.165, 1.54) is 0 Å². The van der Waals surface area contributed by atoms with Crippen LogP contribution in [0.15, 0.2) is 72.9 Å². The number of rotatable bonds is 7. The van der Waals surface area contributed by atoms with Crippen LogP contribution in [0.3, 0.4) is 0 Å². The molecule has 196 valence electrons. The van der Waals surface area contributed by atoms with Crippen molar-refractivity contribution in [2.24, 2.45) is 5.41 Å². The van der Waals surface area contributed by atoms with E-state index in [-0.39, 0.29) is 17.2 Å². The quantitative estimate of drug-likeness (QED) is 0.307. The fourth-order valence-electron chi connectivity index (χ4n) is 4.54. The highest BCUT2D eigenvalue weighted by molar-refractivity contribution is 6.05. The number of pyridine rings is 1. The zero-order valence-electron chi connectivity index (χ0n) is 23.0. The Hall–Kier alpha value is -4.19. The van der Waals surface area contributed by atoms with Gasteiger partial charge in [-0.3, -0.25) is 14.5 Å². The molecule has 0 saturated heterocycles. The summed E-state index contributed by atoms with van der Waals surface area (Å²) in [5.41, 5.74) is 4.67. The Balaban J connectivity index is 1.69. The molecular formula is C32H35N3O3. The lowest BCUT2D eigenvalue weighted by Crippen LogP contribution is -2.34. The predicted octanol–water partition coefficient (Wildman–Crippen LogP) is 6.55. The molecule has 3 aromatic carbocycles. The summed E-state index contributed by atoms with van der Waals surface area (Å²) in [5, 5.41) is 4.34. The number of nitrogens with zero attached hydrogens (tertiary/aromatic N) is 2. The van der Waals surface area contributed by atoms with Crippen molar-refractivity contribution in [2.75, 3.05) is 19.1 Å². The third kappa shape index (κ3) is 6.02. The molecular weight excluding hydrogens is 474 g/mol. The van der Waals surface area contributed by atoms with Crippen molar-refractivity contribution in [3.63, 3.8) is 0 Å². The number of anilines is 1. The average molecular weight is 510 g/mol. The number of benzene rings is 3. The highest BCUT2D eigenvalue weighted by Gasteiger charge is 2.25. The van der Waals surface area contributed by atoms with Crippen LogP contribution in [-0.2, 0) is 11.3 Å². The van der Waals surface area contributed by atoms with Crippen molar-refractivity contribution in [3.05, 3.63) is 89.6 Å². The minimum absolute atomic E-state index is 0.00253. The average Bonchev–Trinajstić information content (AvgIpc) is 2.90. The largest absolute Gasteiger partial charge is 0.496 e. The van der Waals surface area contributed by atoms with Crippen LogP contribution in [0.2, 0.25) is 0 Å². The molecule has 0 aliphatic heterocycles. The normalized spacial score (nSPS) is 11.3. The Morgan fingerprint density at radius 2 is 1.66 bits per heavy atom. The van der Waals surface area contributed by atoms with Crippen molar-refractivity contribution in [3.8, 4) is 16.9 Å². The minimum atomic E-state index is -0.178. The van der Waals surface area contributed by atoms with Crippen molar-refractivity contribution in [2.45, 2.75) is 40.7 Å². The third-order valence-electron chi connectivity index (χ3n) is 6.49. The van der Waals surface area contributed by atoms with Crippen LogP contribution in [0, 0.1) is 12.3 Å². The summed E-state index contributed by atoms with van der Waals surface area (Å²) in [5.74, 6) is 1.30. The number of carbonyl (C=O) groups excluding carboxylic acids is 2. The van der Waals surface area contributed by atoms with E-state index < -0.39 is 0 Å². The lowest BCUT2D eigenvalue weighted by atomic mass is 9.91. The van der Waals surface area contributed by atoms with E-state index in [9.17, 15) is 9.59 Å². The Morgan fingerprint density at radius 3 is 2.29 bits per heavy atom. The molecule has 0 radical (unpaired) electrons. The van der Waals surface area contributed by atoms with Gasteiger partial charge in [-0.15, -0.1) is 0 Å². The number of carbonyl (C=O) groups is 2. The summed E-state index contributed by atoms with van der Waals surface area (Å²) >= 11 is 0. The maximum Gasteiger partial charge on any atom is 0.251 e. The molecule has 0 saturated carbocycles. The van der Waals surface area contributed by atoms with Gasteiger partial charge in [-0.1, -0.05) is 51.1 Å². The number of methoxy groups -OCH3 is 1. The number of hydrogen-bond donors (Lipinski definition) is 1. The van der Waals surface area contributed by atoms with Gasteiger partial charge >= 0.3 is 0 Å². The molecule has 4 rings (SSSR count). The number of aryl methyl sites for hydroxylation is 1. The van der Waals surface area contributed by atoms with Gasteiger partial charge in [-0.25, -0.2) is 4.98 Å². The molecule has 1 heterocycles. The molecule has 0 atom stereocenters. The third-order valence-corrected chi connectivity index (χ3v) is 6.49. The van der Waals surface area contributed by atoms with Crippen molar-refractivity contribution in [1.82, 2.24) is 10.3 Å². The highest BCUT2D eigenvalue weighted by atomic mass is 16.5. The lowest BCUT2D eigenvalue weighted by Gasteiger charge is -2.27. The van der Waals surface area contributed by atoms with Crippen LogP contribution in [-0.4, -0.2) is 31.0 Å². The maximum atomic E-state index is 13.6. The van der Waals surface area contributed by atoms with Gasteiger partial charge in [-0.2, -0.15) is 0 Å². The predicted molar refractivity (Wildman–Crippen MR) is 154 cm³/mol. The Bertz CT molecular complexity index is 1470. The van der Waals surface area contributed by atoms with E-state index in [1.54, 1.807) is 31.3 Å². The van der Waals surface area contributed by atoms with Gasteiger partial charge in [-0.05, 0) is 76.4 Å². The molecule has 1 N–H and O–H groups in total. The van der Waals surface area contributed by atoms with Gasteiger partial charge in [0.25, 0.3) is 5.91 Å². The van der Waals surface area contributed by atoms with E-state index in [0.717, 1.165) is 38.8 Å². The number of nitrogens with one attached hydrogen (secondary N) is 1. The molecule has 4 aromatic rings. The van der Waals surface area contributed by atoms with E-state index in [0.29, 0.717) is 24.3 Å². The molecule has 0 fully saturated rings. The first-order valence-corrected chi connectivity index (χ1v) is 12.7. The SMILES string of the molecule is CNC(=O)c1ccc2c(N(Cc3ccc(-c4ccc(OC)c(C)c4)cc3)C(=O)CC(C)(C)C)nccc2c1. The fraction of sp³-hybridized carbons (Fsp3) is 0.281. The van der Waals surface area contributed by atoms with E-state index in [2.05, 4.69) is 61.4 Å². The van der Waals surface area contributed by atoms with E-state index in [1.807, 2.05) is 37.3 Å². The second-order valence-electron chi connectivity index (χ2n) is 10.7. The number of fused-ring (bicyclic) bond motifs is 1. The number of ether oxygens (including phenoxy) is 1. The highest BCUT2D eigenvalue weighted by Crippen LogP contribution is 2.31. The lowest BCUT2D eigenvalue weighted by molar-refractivity contribution is -0.120. The summed E-state index contributed by atoms with van der Waals surface area (Å²) in [6.07, 6.45) is 2.07. The molecule has 38 heavy (non-hydrogen) atoms. The number of aromatic nitrogens is 1. The zero-order chi connectivity index (χ0) is 27.4. The van der Waals surface area contributed by atoms with Crippen LogP contribution >= 0.6 is 0 Å². The van der Waals surface area contributed by atoms with Crippen LogP contribution in [0.1, 0.15) is 48.7 Å². The summed E-state index contributed by atoms with van der Waals surface area (Å²) in [4.78, 5) is 32.2. The molecule has 0 aliphatic carbocycles. The van der Waals surface area contributed by atoms with Crippen LogP contribution in [0.25, 0.3) is 21.9 Å². The molecule has 6 heteroatoms. The maximum absolute atomic E-state index is 13.6. The minimum Gasteiger partial charge on any atom is -0.496 e. The van der Waals surface area contributed by atoms with Crippen molar-refractivity contribution < 1.29 is 14.3 Å². The first kappa shape index (κ1) is 26.9. The van der Waals surface area contributed by atoms with Crippen molar-refractivity contribution in [1.29, 1.82) is 0 Å². The number of hydrogen-bond acceptors (Lipinski definition) is 4. The first-order chi connectivity index (χ1) is 18.1. The fourth-order valence-corrected chi connectivity index (χ4v) is 4.54. The first-order valence-electron chi connectivity index (χ1n) is 12.7. The molecule has 2 amide bonds. The topological polar surface area (TPSA) is 71.5 Å². The Labute approximate surface area is 224 Å².